The predicted octanol–water partition coefficient (Wildman–Crippen LogP) is 1.96. The minimum atomic E-state index is -3.50. The molecule has 2 aromatic rings. The first-order valence-electron chi connectivity index (χ1n) is 8.67. The Labute approximate surface area is 149 Å². The second-order valence-corrected chi connectivity index (χ2v) is 8.52. The van der Waals surface area contributed by atoms with Crippen molar-refractivity contribution in [2.24, 2.45) is 5.92 Å². The average Bonchev–Trinajstić information content (AvgIpc) is 3.22. The van der Waals surface area contributed by atoms with Crippen LogP contribution in [0.5, 0.6) is 0 Å². The number of nitrogens with zero attached hydrogens (tertiary/aromatic N) is 3. The third kappa shape index (κ3) is 3.78. The molecule has 2 heterocycles. The van der Waals surface area contributed by atoms with Crippen molar-refractivity contribution in [3.8, 4) is 0 Å². The van der Waals surface area contributed by atoms with Crippen LogP contribution in [0, 0.1) is 12.8 Å². The van der Waals surface area contributed by atoms with Gasteiger partial charge in [-0.05, 0) is 49.8 Å². The maximum Gasteiger partial charge on any atom is 0.260 e. The molecule has 6 nitrogen and oxygen atoms in total. The molecule has 1 fully saturated rings. The minimum absolute atomic E-state index is 0.0272. The fourth-order valence-corrected chi connectivity index (χ4v) is 5.23. The molecular weight excluding hydrogens is 338 g/mol. The molecule has 1 aliphatic heterocycles. The van der Waals surface area contributed by atoms with Crippen molar-refractivity contribution in [1.82, 2.24) is 14.1 Å². The fraction of sp³-hybridized carbons (Fsp3) is 0.500. The average molecular weight is 363 g/mol. The van der Waals surface area contributed by atoms with Crippen molar-refractivity contribution in [2.45, 2.75) is 44.9 Å². The molecule has 0 amide bonds. The van der Waals surface area contributed by atoms with Crippen molar-refractivity contribution in [1.29, 1.82) is 0 Å². The van der Waals surface area contributed by atoms with Crippen LogP contribution in [0.3, 0.4) is 0 Å². The highest BCUT2D eigenvalue weighted by Crippen LogP contribution is 2.27. The van der Waals surface area contributed by atoms with Gasteiger partial charge in [0.1, 0.15) is 0 Å². The summed E-state index contributed by atoms with van der Waals surface area (Å²) in [5.41, 5.74) is 2.75. The van der Waals surface area contributed by atoms with E-state index in [-0.39, 0.29) is 11.6 Å². The largest absolute Gasteiger partial charge is 0.392 e. The Morgan fingerprint density at radius 3 is 2.76 bits per heavy atom. The van der Waals surface area contributed by atoms with Gasteiger partial charge in [-0.3, -0.25) is 4.68 Å². The van der Waals surface area contributed by atoms with E-state index in [1.165, 1.54) is 0 Å². The molecule has 136 valence electrons. The maximum absolute atomic E-state index is 13.0. The summed E-state index contributed by atoms with van der Waals surface area (Å²) in [6, 6.07) is 9.51. The molecule has 0 spiro atoms. The van der Waals surface area contributed by atoms with Gasteiger partial charge < -0.3 is 5.11 Å². The zero-order valence-corrected chi connectivity index (χ0v) is 15.5. The van der Waals surface area contributed by atoms with E-state index >= 15 is 0 Å². The molecule has 1 N–H and O–H groups in total. The number of rotatable bonds is 6. The van der Waals surface area contributed by atoms with Gasteiger partial charge in [-0.15, -0.1) is 0 Å². The van der Waals surface area contributed by atoms with Crippen LogP contribution >= 0.6 is 0 Å². The number of aryl methyl sites for hydroxylation is 2. The summed E-state index contributed by atoms with van der Waals surface area (Å²) in [4.78, 5) is 0. The second kappa shape index (κ2) is 7.27. The number of hydrogen-bond acceptors (Lipinski definition) is 4. The van der Waals surface area contributed by atoms with Crippen LogP contribution in [0.4, 0.5) is 0 Å². The topological polar surface area (TPSA) is 75.4 Å². The smallest absolute Gasteiger partial charge is 0.260 e. The first-order chi connectivity index (χ1) is 11.9. The molecule has 0 unspecified atom stereocenters. The Balaban J connectivity index is 1.73. The van der Waals surface area contributed by atoms with Gasteiger partial charge >= 0.3 is 0 Å². The van der Waals surface area contributed by atoms with E-state index in [0.717, 1.165) is 29.7 Å². The lowest BCUT2D eigenvalue weighted by Gasteiger charge is -2.17. The molecule has 1 atom stereocenters. The van der Waals surface area contributed by atoms with E-state index in [0.29, 0.717) is 25.6 Å². The van der Waals surface area contributed by atoms with E-state index in [2.05, 4.69) is 5.10 Å². The normalized spacial score (nSPS) is 18.8. The van der Waals surface area contributed by atoms with E-state index < -0.39 is 10.0 Å². The van der Waals surface area contributed by atoms with Gasteiger partial charge in [0.25, 0.3) is 10.0 Å². The number of aliphatic hydroxyl groups excluding tert-OH is 1. The van der Waals surface area contributed by atoms with Crippen LogP contribution < -0.4 is 0 Å². The van der Waals surface area contributed by atoms with Crippen LogP contribution in [-0.2, 0) is 29.6 Å². The molecule has 3 rings (SSSR count). The highest BCUT2D eigenvalue weighted by atomic mass is 32.2. The summed E-state index contributed by atoms with van der Waals surface area (Å²) < 4.78 is 29.1. The summed E-state index contributed by atoms with van der Waals surface area (Å²) in [6.45, 7) is 5.34. The minimum Gasteiger partial charge on any atom is -0.392 e. The first kappa shape index (κ1) is 18.1. The zero-order valence-electron chi connectivity index (χ0n) is 14.7. The molecule has 0 bridgehead atoms. The van der Waals surface area contributed by atoms with Crippen molar-refractivity contribution in [3.05, 3.63) is 47.2 Å². The molecule has 1 aromatic carbocycles. The van der Waals surface area contributed by atoms with Crippen molar-refractivity contribution < 1.29 is 13.5 Å². The van der Waals surface area contributed by atoms with E-state index in [1.807, 2.05) is 38.1 Å². The third-order valence-electron chi connectivity index (χ3n) is 4.72. The van der Waals surface area contributed by atoms with Gasteiger partial charge in [-0.2, -0.15) is 9.40 Å². The Morgan fingerprint density at radius 1 is 1.28 bits per heavy atom. The number of benzene rings is 1. The van der Waals surface area contributed by atoms with Gasteiger partial charge in [-0.25, -0.2) is 8.42 Å². The predicted molar refractivity (Wildman–Crippen MR) is 95.6 cm³/mol. The summed E-state index contributed by atoms with van der Waals surface area (Å²) in [5.74, 6) is 0.294. The molecule has 1 aliphatic rings. The van der Waals surface area contributed by atoms with Crippen molar-refractivity contribution >= 4 is 10.0 Å². The summed E-state index contributed by atoms with van der Waals surface area (Å²) in [5, 5.41) is 13.8. The molecule has 7 heteroatoms. The Morgan fingerprint density at radius 2 is 2.04 bits per heavy atom. The fourth-order valence-electron chi connectivity index (χ4n) is 3.46. The van der Waals surface area contributed by atoms with Gasteiger partial charge in [0.2, 0.25) is 0 Å². The summed E-state index contributed by atoms with van der Waals surface area (Å²) >= 11 is 0. The third-order valence-corrected chi connectivity index (χ3v) is 6.58. The summed E-state index contributed by atoms with van der Waals surface area (Å²) in [6.07, 6.45) is 1.67. The Kier molecular flexibility index (Phi) is 5.27. The van der Waals surface area contributed by atoms with Crippen LogP contribution in [0.15, 0.2) is 35.4 Å². The number of sulfonamides is 1. The first-order valence-corrected chi connectivity index (χ1v) is 10.1. The molecule has 0 radical (unpaired) electrons. The van der Waals surface area contributed by atoms with E-state index in [4.69, 9.17) is 0 Å². The molecule has 1 aromatic heterocycles. The van der Waals surface area contributed by atoms with Crippen molar-refractivity contribution in [2.75, 3.05) is 13.1 Å². The zero-order chi connectivity index (χ0) is 18.0. The van der Waals surface area contributed by atoms with Crippen LogP contribution in [-0.4, -0.2) is 40.7 Å². The molecule has 25 heavy (non-hydrogen) atoms. The van der Waals surface area contributed by atoms with Gasteiger partial charge in [0.15, 0.2) is 5.03 Å². The van der Waals surface area contributed by atoms with Gasteiger partial charge in [0, 0.05) is 19.6 Å². The van der Waals surface area contributed by atoms with E-state index in [1.54, 1.807) is 15.1 Å². The van der Waals surface area contributed by atoms with Crippen LogP contribution in [0.2, 0.25) is 0 Å². The van der Waals surface area contributed by atoms with Gasteiger partial charge in [-0.1, -0.05) is 24.3 Å². The molecular formula is C18H25N3O3S. The molecule has 0 aliphatic carbocycles. The highest BCUT2D eigenvalue weighted by Gasteiger charge is 2.34. The standard InChI is InChI=1S/C18H25N3O3S/c1-3-21-18(9-14(2)19-21)25(23,24)20-8-7-16(12-20)10-15-5-4-6-17(11-15)13-22/h4-6,9,11,16,22H,3,7-8,10,12-13H2,1-2H3/t16-/m1/s1. The van der Waals surface area contributed by atoms with E-state index in [9.17, 15) is 13.5 Å². The Bertz CT molecular complexity index is 845. The quantitative estimate of drug-likeness (QED) is 0.851. The lowest BCUT2D eigenvalue weighted by molar-refractivity contribution is 0.281. The lowest BCUT2D eigenvalue weighted by atomic mass is 9.97. The molecule has 1 saturated heterocycles. The lowest BCUT2D eigenvalue weighted by Crippen LogP contribution is -2.31. The van der Waals surface area contributed by atoms with Gasteiger partial charge in [0.05, 0.1) is 12.3 Å². The maximum atomic E-state index is 13.0. The number of aromatic nitrogens is 2. The van der Waals surface area contributed by atoms with Crippen LogP contribution in [0.25, 0.3) is 0 Å². The second-order valence-electron chi connectivity index (χ2n) is 6.64. The highest BCUT2D eigenvalue weighted by molar-refractivity contribution is 7.89. The summed E-state index contributed by atoms with van der Waals surface area (Å²) in [7, 11) is -3.50. The monoisotopic (exact) mass is 363 g/mol. The number of aliphatic hydroxyl groups is 1. The van der Waals surface area contributed by atoms with Crippen LogP contribution in [0.1, 0.15) is 30.2 Å². The SMILES string of the molecule is CCn1nc(C)cc1S(=O)(=O)N1CC[C@H](Cc2cccc(CO)c2)C1. The molecule has 0 saturated carbocycles. The Hall–Kier alpha value is -1.70. The number of hydrogen-bond donors (Lipinski definition) is 1. The van der Waals surface area contributed by atoms with Crippen molar-refractivity contribution in [3.63, 3.8) is 0 Å².